The fourth-order valence-electron chi connectivity index (χ4n) is 2.85. The van der Waals surface area contributed by atoms with Crippen LogP contribution in [-0.2, 0) is 0 Å². The molecule has 0 aromatic heterocycles. The molecule has 0 bridgehead atoms. The highest BCUT2D eigenvalue weighted by atomic mass is 19.1. The Balaban J connectivity index is 1.78. The first kappa shape index (κ1) is 15.4. The van der Waals surface area contributed by atoms with Crippen molar-refractivity contribution in [3.05, 3.63) is 65.5 Å². The van der Waals surface area contributed by atoms with E-state index in [0.717, 1.165) is 12.5 Å². The lowest BCUT2D eigenvalue weighted by Crippen LogP contribution is -2.34. The van der Waals surface area contributed by atoms with Crippen molar-refractivity contribution in [3.8, 4) is 0 Å². The molecule has 0 aliphatic carbocycles. The summed E-state index contributed by atoms with van der Waals surface area (Å²) >= 11 is 0. The second-order valence-corrected chi connectivity index (χ2v) is 5.46. The largest absolute Gasteiger partial charge is 0.322 e. The van der Waals surface area contributed by atoms with Crippen molar-refractivity contribution in [1.29, 1.82) is 0 Å². The molecule has 1 heterocycles. The standard InChI is InChI=1S/C17H15F3N2O/c18-12-4-1-3-11(9-12)16-5-2-8-22(16)17(23)21-15-7-6-13(19)10-14(15)20/h1,3-4,6-7,9-10,16H,2,5,8H2,(H,21,23)/t16-/m1/s1. The van der Waals surface area contributed by atoms with Gasteiger partial charge in [-0.05, 0) is 42.7 Å². The Morgan fingerprint density at radius 2 is 1.87 bits per heavy atom. The molecule has 2 amide bonds. The molecule has 3 nitrogen and oxygen atoms in total. The summed E-state index contributed by atoms with van der Waals surface area (Å²) in [7, 11) is 0. The van der Waals surface area contributed by atoms with Crippen molar-refractivity contribution in [1.82, 2.24) is 4.90 Å². The molecule has 0 unspecified atom stereocenters. The SMILES string of the molecule is O=C(Nc1ccc(F)cc1F)N1CCC[C@@H]1c1cccc(F)c1. The summed E-state index contributed by atoms with van der Waals surface area (Å²) in [5.74, 6) is -1.90. The molecule has 0 saturated carbocycles. The van der Waals surface area contributed by atoms with Crippen LogP contribution in [-0.4, -0.2) is 17.5 Å². The molecule has 0 spiro atoms. The molecular weight excluding hydrogens is 305 g/mol. The number of likely N-dealkylation sites (tertiary alicyclic amines) is 1. The van der Waals surface area contributed by atoms with E-state index in [1.807, 2.05) is 0 Å². The fraction of sp³-hybridized carbons (Fsp3) is 0.235. The van der Waals surface area contributed by atoms with Gasteiger partial charge in [-0.15, -0.1) is 0 Å². The monoisotopic (exact) mass is 320 g/mol. The second kappa shape index (κ2) is 6.32. The van der Waals surface area contributed by atoms with Crippen molar-refractivity contribution in [2.45, 2.75) is 18.9 Å². The first-order valence-corrected chi connectivity index (χ1v) is 7.33. The number of hydrogen-bond acceptors (Lipinski definition) is 1. The first-order chi connectivity index (χ1) is 11.0. The summed E-state index contributed by atoms with van der Waals surface area (Å²) in [5.41, 5.74) is 0.624. The molecule has 1 fully saturated rings. The minimum atomic E-state index is -0.833. The highest BCUT2D eigenvalue weighted by Gasteiger charge is 2.30. The molecule has 1 aliphatic heterocycles. The Hall–Kier alpha value is -2.50. The van der Waals surface area contributed by atoms with Crippen LogP contribution in [0.15, 0.2) is 42.5 Å². The van der Waals surface area contributed by atoms with Crippen LogP contribution in [0.5, 0.6) is 0 Å². The smallest absolute Gasteiger partial charge is 0.317 e. The van der Waals surface area contributed by atoms with E-state index in [4.69, 9.17) is 0 Å². The highest BCUT2D eigenvalue weighted by Crippen LogP contribution is 2.32. The summed E-state index contributed by atoms with van der Waals surface area (Å²) in [6.45, 7) is 0.496. The lowest BCUT2D eigenvalue weighted by atomic mass is 10.0. The van der Waals surface area contributed by atoms with Crippen molar-refractivity contribution < 1.29 is 18.0 Å². The number of nitrogens with one attached hydrogen (secondary N) is 1. The molecule has 120 valence electrons. The van der Waals surface area contributed by atoms with Crippen LogP contribution in [0, 0.1) is 17.5 Å². The predicted molar refractivity (Wildman–Crippen MR) is 80.5 cm³/mol. The van der Waals surface area contributed by atoms with Gasteiger partial charge >= 0.3 is 6.03 Å². The second-order valence-electron chi connectivity index (χ2n) is 5.46. The van der Waals surface area contributed by atoms with Gasteiger partial charge in [0.1, 0.15) is 17.5 Å². The van der Waals surface area contributed by atoms with E-state index in [2.05, 4.69) is 5.32 Å². The van der Waals surface area contributed by atoms with E-state index in [1.54, 1.807) is 12.1 Å². The number of benzene rings is 2. The number of anilines is 1. The molecule has 1 aliphatic rings. The van der Waals surface area contributed by atoms with Crippen LogP contribution in [0.3, 0.4) is 0 Å². The summed E-state index contributed by atoms with van der Waals surface area (Å²) in [4.78, 5) is 13.9. The van der Waals surface area contributed by atoms with E-state index in [9.17, 15) is 18.0 Å². The molecular formula is C17H15F3N2O. The zero-order valence-electron chi connectivity index (χ0n) is 12.2. The van der Waals surface area contributed by atoms with Crippen molar-refractivity contribution >= 4 is 11.7 Å². The minimum absolute atomic E-state index is 0.0821. The molecule has 2 aromatic rings. The maximum atomic E-state index is 13.6. The lowest BCUT2D eigenvalue weighted by molar-refractivity contribution is 0.207. The fourth-order valence-corrected chi connectivity index (χ4v) is 2.85. The van der Waals surface area contributed by atoms with E-state index < -0.39 is 17.7 Å². The Labute approximate surface area is 131 Å². The van der Waals surface area contributed by atoms with Gasteiger partial charge in [0.15, 0.2) is 0 Å². The molecule has 23 heavy (non-hydrogen) atoms. The third-order valence-electron chi connectivity index (χ3n) is 3.92. The van der Waals surface area contributed by atoms with Crippen LogP contribution in [0.1, 0.15) is 24.4 Å². The minimum Gasteiger partial charge on any atom is -0.317 e. The van der Waals surface area contributed by atoms with Crippen molar-refractivity contribution in [2.75, 3.05) is 11.9 Å². The number of amides is 2. The predicted octanol–water partition coefficient (Wildman–Crippen LogP) is 4.47. The molecule has 6 heteroatoms. The topological polar surface area (TPSA) is 32.3 Å². The van der Waals surface area contributed by atoms with Gasteiger partial charge < -0.3 is 10.2 Å². The summed E-state index contributed by atoms with van der Waals surface area (Å²) in [5, 5.41) is 2.45. The van der Waals surface area contributed by atoms with Gasteiger partial charge in [0.25, 0.3) is 0 Å². The molecule has 1 N–H and O–H groups in total. The highest BCUT2D eigenvalue weighted by molar-refractivity contribution is 5.90. The van der Waals surface area contributed by atoms with Gasteiger partial charge in [-0.3, -0.25) is 0 Å². The first-order valence-electron chi connectivity index (χ1n) is 7.33. The number of carbonyl (C=O) groups is 1. The Morgan fingerprint density at radius 3 is 2.61 bits per heavy atom. The number of rotatable bonds is 2. The van der Waals surface area contributed by atoms with E-state index in [0.29, 0.717) is 24.6 Å². The summed E-state index contributed by atoms with van der Waals surface area (Å²) in [6, 6.07) is 8.32. The maximum absolute atomic E-state index is 13.6. The quantitative estimate of drug-likeness (QED) is 0.870. The molecule has 0 radical (unpaired) electrons. The van der Waals surface area contributed by atoms with Gasteiger partial charge in [-0.1, -0.05) is 12.1 Å². The number of hydrogen-bond donors (Lipinski definition) is 1. The Bertz CT molecular complexity index is 736. The van der Waals surface area contributed by atoms with Crippen molar-refractivity contribution in [2.24, 2.45) is 0 Å². The van der Waals surface area contributed by atoms with Crippen LogP contribution >= 0.6 is 0 Å². The Kier molecular flexibility index (Phi) is 4.23. The molecule has 1 atom stereocenters. The van der Waals surface area contributed by atoms with Crippen LogP contribution in [0.4, 0.5) is 23.7 Å². The summed E-state index contributed by atoms with van der Waals surface area (Å²) in [6.07, 6.45) is 1.49. The lowest BCUT2D eigenvalue weighted by Gasteiger charge is -2.25. The van der Waals surface area contributed by atoms with Gasteiger partial charge in [0, 0.05) is 12.6 Å². The van der Waals surface area contributed by atoms with E-state index >= 15 is 0 Å². The average molecular weight is 320 g/mol. The molecule has 3 rings (SSSR count). The van der Waals surface area contributed by atoms with Crippen LogP contribution < -0.4 is 5.32 Å². The van der Waals surface area contributed by atoms with Gasteiger partial charge in [0.05, 0.1) is 11.7 Å². The van der Waals surface area contributed by atoms with Gasteiger partial charge in [-0.2, -0.15) is 0 Å². The van der Waals surface area contributed by atoms with E-state index in [1.165, 1.54) is 23.1 Å². The van der Waals surface area contributed by atoms with Crippen molar-refractivity contribution in [3.63, 3.8) is 0 Å². The van der Waals surface area contributed by atoms with Crippen LogP contribution in [0.2, 0.25) is 0 Å². The molecule has 2 aromatic carbocycles. The Morgan fingerprint density at radius 1 is 1.09 bits per heavy atom. The third kappa shape index (κ3) is 3.31. The number of nitrogens with zero attached hydrogens (tertiary/aromatic N) is 1. The normalized spacial score (nSPS) is 17.3. The zero-order chi connectivity index (χ0) is 16.4. The number of halogens is 3. The number of urea groups is 1. The van der Waals surface area contributed by atoms with Crippen LogP contribution in [0.25, 0.3) is 0 Å². The molecule has 1 saturated heterocycles. The number of carbonyl (C=O) groups excluding carboxylic acids is 1. The van der Waals surface area contributed by atoms with E-state index in [-0.39, 0.29) is 17.5 Å². The maximum Gasteiger partial charge on any atom is 0.322 e. The average Bonchev–Trinajstić information content (AvgIpc) is 2.99. The van der Waals surface area contributed by atoms with Gasteiger partial charge in [-0.25, -0.2) is 18.0 Å². The zero-order valence-corrected chi connectivity index (χ0v) is 12.2. The third-order valence-corrected chi connectivity index (χ3v) is 3.92. The van der Waals surface area contributed by atoms with Gasteiger partial charge in [0.2, 0.25) is 0 Å². The summed E-state index contributed by atoms with van der Waals surface area (Å²) < 4.78 is 39.9.